The van der Waals surface area contributed by atoms with Crippen LogP contribution in [0.5, 0.6) is 0 Å². The van der Waals surface area contributed by atoms with Crippen molar-refractivity contribution in [1.82, 2.24) is 15.1 Å². The third kappa shape index (κ3) is 4.50. The Morgan fingerprint density at radius 3 is 2.38 bits per heavy atom. The van der Waals surface area contributed by atoms with E-state index in [0.29, 0.717) is 42.5 Å². The number of amides is 1. The standard InChI is InChI=1S/C20H23N5O4/c1-25-19(27)15(18(26)23-14-8-6-13(7-9-14)20(28)29)10-16(24-25)11-2-4-12(5-3-11)17(21)22/h2-5,10,13-14H,6-9H2,1H3,(H3,21,22)(H,23,26)(H,28,29). The van der Waals surface area contributed by atoms with E-state index in [2.05, 4.69) is 10.4 Å². The molecular weight excluding hydrogens is 374 g/mol. The minimum absolute atomic E-state index is 0.0199. The lowest BCUT2D eigenvalue weighted by Crippen LogP contribution is -2.41. The second kappa shape index (κ2) is 8.26. The Morgan fingerprint density at radius 1 is 1.21 bits per heavy atom. The number of amidine groups is 1. The largest absolute Gasteiger partial charge is 0.481 e. The molecule has 3 rings (SSSR count). The van der Waals surface area contributed by atoms with Crippen molar-refractivity contribution in [3.05, 3.63) is 51.8 Å². The van der Waals surface area contributed by atoms with E-state index in [4.69, 9.17) is 16.2 Å². The van der Waals surface area contributed by atoms with Gasteiger partial charge in [0, 0.05) is 24.2 Å². The molecule has 1 aromatic heterocycles. The molecule has 1 saturated carbocycles. The van der Waals surface area contributed by atoms with E-state index in [-0.39, 0.29) is 23.4 Å². The van der Waals surface area contributed by atoms with Gasteiger partial charge in [0.15, 0.2) is 0 Å². The molecule has 1 amide bonds. The number of nitrogens with one attached hydrogen (secondary N) is 2. The highest BCUT2D eigenvalue weighted by Crippen LogP contribution is 2.24. The average Bonchev–Trinajstić information content (AvgIpc) is 2.70. The summed E-state index contributed by atoms with van der Waals surface area (Å²) < 4.78 is 1.12. The second-order valence-corrected chi connectivity index (χ2v) is 7.22. The topological polar surface area (TPSA) is 151 Å². The van der Waals surface area contributed by atoms with Crippen LogP contribution in [-0.4, -0.2) is 38.6 Å². The highest BCUT2D eigenvalue weighted by molar-refractivity contribution is 5.96. The van der Waals surface area contributed by atoms with Gasteiger partial charge in [-0.15, -0.1) is 0 Å². The summed E-state index contributed by atoms with van der Waals surface area (Å²) in [6.45, 7) is 0. The number of carboxylic acid groups (broad SMARTS) is 1. The van der Waals surface area contributed by atoms with Crippen molar-refractivity contribution in [2.24, 2.45) is 18.7 Å². The summed E-state index contributed by atoms with van der Waals surface area (Å²) in [6.07, 6.45) is 2.13. The van der Waals surface area contributed by atoms with Crippen molar-refractivity contribution >= 4 is 17.7 Å². The number of nitrogen functional groups attached to an aromatic ring is 1. The number of rotatable bonds is 5. The van der Waals surface area contributed by atoms with Crippen molar-refractivity contribution in [3.63, 3.8) is 0 Å². The highest BCUT2D eigenvalue weighted by atomic mass is 16.4. The van der Waals surface area contributed by atoms with Crippen molar-refractivity contribution in [2.45, 2.75) is 31.7 Å². The molecule has 1 fully saturated rings. The fourth-order valence-corrected chi connectivity index (χ4v) is 3.48. The van der Waals surface area contributed by atoms with Crippen LogP contribution in [0.2, 0.25) is 0 Å². The van der Waals surface area contributed by atoms with Crippen LogP contribution in [0.4, 0.5) is 0 Å². The number of benzene rings is 1. The molecule has 1 aliphatic carbocycles. The Hall–Kier alpha value is -3.49. The molecule has 0 atom stereocenters. The minimum Gasteiger partial charge on any atom is -0.481 e. The van der Waals surface area contributed by atoms with Crippen LogP contribution in [0, 0.1) is 11.3 Å². The quantitative estimate of drug-likeness (QED) is 0.438. The fourth-order valence-electron chi connectivity index (χ4n) is 3.48. The lowest BCUT2D eigenvalue weighted by atomic mass is 9.86. The monoisotopic (exact) mass is 397 g/mol. The maximum Gasteiger partial charge on any atom is 0.306 e. The normalized spacial score (nSPS) is 18.8. The molecule has 152 valence electrons. The van der Waals surface area contributed by atoms with Gasteiger partial charge in [-0.25, -0.2) is 4.68 Å². The Balaban J connectivity index is 1.80. The lowest BCUT2D eigenvalue weighted by molar-refractivity contribution is -0.142. The predicted molar refractivity (Wildman–Crippen MR) is 107 cm³/mol. The van der Waals surface area contributed by atoms with Crippen LogP contribution in [0.25, 0.3) is 11.3 Å². The van der Waals surface area contributed by atoms with Crippen LogP contribution in [-0.2, 0) is 11.8 Å². The highest BCUT2D eigenvalue weighted by Gasteiger charge is 2.27. The molecule has 1 aromatic carbocycles. The number of hydrogen-bond donors (Lipinski definition) is 4. The summed E-state index contributed by atoms with van der Waals surface area (Å²) >= 11 is 0. The Labute approximate surface area is 167 Å². The third-order valence-electron chi connectivity index (χ3n) is 5.21. The van der Waals surface area contributed by atoms with Crippen molar-refractivity contribution < 1.29 is 14.7 Å². The van der Waals surface area contributed by atoms with Gasteiger partial charge in [-0.1, -0.05) is 24.3 Å². The maximum atomic E-state index is 12.7. The Kier molecular flexibility index (Phi) is 5.76. The van der Waals surface area contributed by atoms with Gasteiger partial charge in [0.25, 0.3) is 11.5 Å². The summed E-state index contributed by atoms with van der Waals surface area (Å²) in [5.74, 6) is -1.73. The number of carbonyl (C=O) groups is 2. The summed E-state index contributed by atoms with van der Waals surface area (Å²) in [5.41, 5.74) is 6.62. The first-order chi connectivity index (χ1) is 13.8. The first-order valence-electron chi connectivity index (χ1n) is 9.33. The summed E-state index contributed by atoms with van der Waals surface area (Å²) in [7, 11) is 1.48. The van der Waals surface area contributed by atoms with Crippen molar-refractivity contribution in [1.29, 1.82) is 5.41 Å². The zero-order chi connectivity index (χ0) is 21.1. The Bertz CT molecular complexity index is 1000. The van der Waals surface area contributed by atoms with E-state index in [9.17, 15) is 14.4 Å². The van der Waals surface area contributed by atoms with Crippen molar-refractivity contribution in [2.75, 3.05) is 0 Å². The number of carbonyl (C=O) groups excluding carboxylic acids is 1. The molecule has 0 saturated heterocycles. The molecule has 0 bridgehead atoms. The first kappa shape index (κ1) is 20.2. The molecule has 1 heterocycles. The lowest BCUT2D eigenvalue weighted by Gasteiger charge is -2.26. The summed E-state index contributed by atoms with van der Waals surface area (Å²) in [6, 6.07) is 8.07. The second-order valence-electron chi connectivity index (χ2n) is 7.22. The van der Waals surface area contributed by atoms with Crippen LogP contribution >= 0.6 is 0 Å². The molecular formula is C20H23N5O4. The molecule has 29 heavy (non-hydrogen) atoms. The smallest absolute Gasteiger partial charge is 0.306 e. The molecule has 1 aliphatic rings. The molecule has 0 unspecified atom stereocenters. The molecule has 0 aliphatic heterocycles. The van der Waals surface area contributed by atoms with Gasteiger partial charge in [0.2, 0.25) is 0 Å². The van der Waals surface area contributed by atoms with Gasteiger partial charge in [-0.3, -0.25) is 19.8 Å². The van der Waals surface area contributed by atoms with Gasteiger partial charge in [-0.2, -0.15) is 5.10 Å². The van der Waals surface area contributed by atoms with E-state index in [1.165, 1.54) is 13.1 Å². The SMILES string of the molecule is Cn1nc(-c2ccc(C(=N)N)cc2)cc(C(=O)NC2CCC(C(=O)O)CC2)c1=O. The molecule has 0 spiro atoms. The number of nitrogens with zero attached hydrogens (tertiary/aromatic N) is 2. The molecule has 9 nitrogen and oxygen atoms in total. The minimum atomic E-state index is -0.807. The molecule has 5 N–H and O–H groups in total. The zero-order valence-electron chi connectivity index (χ0n) is 16.0. The predicted octanol–water partition coefficient (Wildman–Crippen LogP) is 1.10. The van der Waals surface area contributed by atoms with Gasteiger partial charge >= 0.3 is 5.97 Å². The van der Waals surface area contributed by atoms with Gasteiger partial charge < -0.3 is 16.2 Å². The Morgan fingerprint density at radius 2 is 1.83 bits per heavy atom. The number of aryl methyl sites for hydroxylation is 1. The van der Waals surface area contributed by atoms with E-state index < -0.39 is 17.4 Å². The van der Waals surface area contributed by atoms with Gasteiger partial charge in [0.05, 0.1) is 11.6 Å². The van der Waals surface area contributed by atoms with Gasteiger partial charge in [-0.05, 0) is 31.7 Å². The summed E-state index contributed by atoms with van der Waals surface area (Å²) in [4.78, 5) is 36.2. The number of hydrogen-bond acceptors (Lipinski definition) is 5. The number of aliphatic carboxylic acids is 1. The maximum absolute atomic E-state index is 12.7. The summed E-state index contributed by atoms with van der Waals surface area (Å²) in [5, 5.41) is 23.6. The van der Waals surface area contributed by atoms with Crippen LogP contribution in [0.15, 0.2) is 35.1 Å². The third-order valence-corrected chi connectivity index (χ3v) is 5.21. The average molecular weight is 397 g/mol. The fraction of sp³-hybridized carbons (Fsp3) is 0.350. The van der Waals surface area contributed by atoms with Crippen LogP contribution in [0.1, 0.15) is 41.6 Å². The molecule has 0 radical (unpaired) electrons. The van der Waals surface area contributed by atoms with Crippen LogP contribution in [0.3, 0.4) is 0 Å². The molecule has 9 heteroatoms. The van der Waals surface area contributed by atoms with E-state index in [1.54, 1.807) is 24.3 Å². The van der Waals surface area contributed by atoms with Crippen molar-refractivity contribution in [3.8, 4) is 11.3 Å². The van der Waals surface area contributed by atoms with E-state index in [1.807, 2.05) is 0 Å². The zero-order valence-corrected chi connectivity index (χ0v) is 16.0. The van der Waals surface area contributed by atoms with E-state index in [0.717, 1.165) is 4.68 Å². The molecule has 2 aromatic rings. The van der Waals surface area contributed by atoms with E-state index >= 15 is 0 Å². The number of nitrogens with two attached hydrogens (primary N) is 1. The first-order valence-corrected chi connectivity index (χ1v) is 9.33. The number of aromatic nitrogens is 2. The number of carboxylic acids is 1. The van der Waals surface area contributed by atoms with Gasteiger partial charge in [0.1, 0.15) is 11.4 Å². The van der Waals surface area contributed by atoms with Crippen LogP contribution < -0.4 is 16.6 Å².